The Labute approximate surface area is 341 Å². The van der Waals surface area contributed by atoms with Crippen LogP contribution in [0.3, 0.4) is 0 Å². The van der Waals surface area contributed by atoms with Crippen molar-refractivity contribution in [2.75, 3.05) is 13.2 Å². The number of hydrogen-bond acceptors (Lipinski definition) is 6. The third-order valence-electron chi connectivity index (χ3n) is 11.2. The van der Waals surface area contributed by atoms with E-state index in [1.807, 2.05) is 30.5 Å². The summed E-state index contributed by atoms with van der Waals surface area (Å²) in [5.74, 6) is -2.22. The Kier molecular flexibility index (Phi) is 12.6. The summed E-state index contributed by atoms with van der Waals surface area (Å²) < 4.78 is 118. The van der Waals surface area contributed by atoms with Crippen molar-refractivity contribution in [2.24, 2.45) is 0 Å². The number of rotatable bonds is 6. The first-order valence-corrected chi connectivity index (χ1v) is 19.1. The lowest BCUT2D eigenvalue weighted by Gasteiger charge is -2.42. The van der Waals surface area contributed by atoms with Crippen molar-refractivity contribution >= 4 is 27.6 Å². The van der Waals surface area contributed by atoms with Crippen molar-refractivity contribution in [1.82, 2.24) is 9.97 Å². The molecule has 6 nitrogen and oxygen atoms in total. The van der Waals surface area contributed by atoms with E-state index in [1.54, 1.807) is 31.2 Å². The van der Waals surface area contributed by atoms with Crippen LogP contribution in [0, 0.1) is 18.6 Å². The molecule has 0 amide bonds. The molecular formula is C46H42F8N2O4. The van der Waals surface area contributed by atoms with Crippen LogP contribution < -0.4 is 9.47 Å². The molecule has 14 heteroatoms. The van der Waals surface area contributed by atoms with Crippen LogP contribution in [0.1, 0.15) is 61.8 Å². The molecule has 4 heterocycles. The number of aliphatic hydroxyl groups is 1. The molecule has 0 bridgehead atoms. The van der Waals surface area contributed by atoms with E-state index in [0.29, 0.717) is 39.1 Å². The SMILES string of the molecule is CC1(CC(=O)C(F)(F)F)CCOc2ccc(F)cc21.CC1(CC(O)(Cc2ccnc3ccccc23)C(F)(F)F)CCOc2ccc(F)cc21.Cc1ccnc2ccccc12. The number of benzene rings is 4. The summed E-state index contributed by atoms with van der Waals surface area (Å²) in [6.07, 6.45) is -7.92. The number of aromatic nitrogens is 2. The number of aryl methyl sites for hydroxylation is 1. The number of fused-ring (bicyclic) bond motifs is 4. The molecule has 3 atom stereocenters. The smallest absolute Gasteiger partial charge is 0.450 e. The predicted molar refractivity (Wildman–Crippen MR) is 211 cm³/mol. The largest absolute Gasteiger partial charge is 0.493 e. The molecule has 0 radical (unpaired) electrons. The Morgan fingerprint density at radius 2 is 1.20 bits per heavy atom. The molecule has 60 heavy (non-hydrogen) atoms. The highest BCUT2D eigenvalue weighted by Gasteiger charge is 2.57. The summed E-state index contributed by atoms with van der Waals surface area (Å²) in [4.78, 5) is 19.6. The molecule has 0 saturated heterocycles. The second-order valence-corrected chi connectivity index (χ2v) is 15.7. The number of Topliss-reactive ketones (excluding diaryl/α,β-unsaturated/α-hetero) is 1. The van der Waals surface area contributed by atoms with Gasteiger partial charge >= 0.3 is 12.4 Å². The number of ether oxygens (including phenoxy) is 2. The van der Waals surface area contributed by atoms with Crippen molar-refractivity contribution in [3.05, 3.63) is 143 Å². The Hall–Kier alpha value is -5.63. The molecule has 2 aliphatic rings. The minimum Gasteiger partial charge on any atom is -0.493 e. The van der Waals surface area contributed by atoms with Gasteiger partial charge in [0, 0.05) is 58.0 Å². The normalized spacial score (nSPS) is 19.5. The van der Waals surface area contributed by atoms with Crippen LogP contribution in [0.2, 0.25) is 0 Å². The van der Waals surface area contributed by atoms with Gasteiger partial charge in [-0.25, -0.2) is 8.78 Å². The third-order valence-corrected chi connectivity index (χ3v) is 11.2. The second-order valence-electron chi connectivity index (χ2n) is 15.7. The first-order valence-electron chi connectivity index (χ1n) is 19.1. The van der Waals surface area contributed by atoms with Crippen LogP contribution in [-0.4, -0.2) is 52.0 Å². The van der Waals surface area contributed by atoms with Gasteiger partial charge in [-0.3, -0.25) is 14.8 Å². The van der Waals surface area contributed by atoms with E-state index in [2.05, 4.69) is 23.0 Å². The van der Waals surface area contributed by atoms with Gasteiger partial charge in [-0.2, -0.15) is 26.3 Å². The summed E-state index contributed by atoms with van der Waals surface area (Å²) in [6, 6.07) is 26.1. The van der Waals surface area contributed by atoms with Gasteiger partial charge in [0.15, 0.2) is 5.60 Å². The number of ketones is 1. The van der Waals surface area contributed by atoms with Crippen molar-refractivity contribution in [3.63, 3.8) is 0 Å². The van der Waals surface area contributed by atoms with Gasteiger partial charge in [0.25, 0.3) is 0 Å². The predicted octanol–water partition coefficient (Wildman–Crippen LogP) is 11.3. The van der Waals surface area contributed by atoms with Crippen LogP contribution in [0.25, 0.3) is 21.8 Å². The maximum Gasteiger partial charge on any atom is 0.450 e. The number of carbonyl (C=O) groups excluding carboxylic acids is 1. The number of hydrogen-bond donors (Lipinski definition) is 1. The fourth-order valence-corrected chi connectivity index (χ4v) is 7.83. The van der Waals surface area contributed by atoms with Gasteiger partial charge in [0.05, 0.1) is 24.2 Å². The summed E-state index contributed by atoms with van der Waals surface area (Å²) in [7, 11) is 0. The van der Waals surface area contributed by atoms with Crippen molar-refractivity contribution in [1.29, 1.82) is 0 Å². The first kappa shape index (κ1) is 43.9. The van der Waals surface area contributed by atoms with Crippen molar-refractivity contribution in [3.8, 4) is 11.5 Å². The van der Waals surface area contributed by atoms with Gasteiger partial charge in [-0.1, -0.05) is 50.2 Å². The van der Waals surface area contributed by atoms with Gasteiger partial charge in [0.2, 0.25) is 5.78 Å². The highest BCUT2D eigenvalue weighted by Crippen LogP contribution is 2.49. The Morgan fingerprint density at radius 1 is 0.700 bits per heavy atom. The monoisotopic (exact) mass is 838 g/mol. The third kappa shape index (κ3) is 9.70. The number of carbonyl (C=O) groups is 1. The number of pyridine rings is 2. The fraction of sp³-hybridized carbons (Fsp3) is 0.326. The van der Waals surface area contributed by atoms with Crippen molar-refractivity contribution in [2.45, 2.75) is 81.7 Å². The van der Waals surface area contributed by atoms with Crippen LogP contribution in [-0.2, 0) is 22.0 Å². The molecule has 4 aromatic carbocycles. The van der Waals surface area contributed by atoms with E-state index >= 15 is 0 Å². The number of halogens is 8. The fourth-order valence-electron chi connectivity index (χ4n) is 7.83. The number of nitrogens with zero attached hydrogens (tertiary/aromatic N) is 2. The Morgan fingerprint density at radius 3 is 1.75 bits per heavy atom. The topological polar surface area (TPSA) is 81.5 Å². The first-order chi connectivity index (χ1) is 28.2. The zero-order valence-electron chi connectivity index (χ0n) is 32.9. The summed E-state index contributed by atoms with van der Waals surface area (Å²) in [6.45, 7) is 5.65. The zero-order chi connectivity index (χ0) is 43.5. The molecule has 0 saturated carbocycles. The highest BCUT2D eigenvalue weighted by molar-refractivity contribution is 5.85. The molecule has 2 aliphatic heterocycles. The Balaban J connectivity index is 0.000000170. The van der Waals surface area contributed by atoms with Crippen LogP contribution >= 0.6 is 0 Å². The van der Waals surface area contributed by atoms with E-state index in [4.69, 9.17) is 9.47 Å². The molecule has 316 valence electrons. The highest BCUT2D eigenvalue weighted by atomic mass is 19.4. The second kappa shape index (κ2) is 17.2. The minimum absolute atomic E-state index is 0.196. The number of alkyl halides is 6. The molecule has 0 aliphatic carbocycles. The average Bonchev–Trinajstić information content (AvgIpc) is 3.19. The van der Waals surface area contributed by atoms with Crippen LogP contribution in [0.5, 0.6) is 11.5 Å². The molecule has 1 N–H and O–H groups in total. The quantitative estimate of drug-likeness (QED) is 0.168. The van der Waals surface area contributed by atoms with E-state index < -0.39 is 65.5 Å². The standard InChI is InChI=1S/C23H21F4NO2.C13H12F4O2.C10H9N/c1-21(9-11-30-20-7-6-16(24)12-18(20)21)14-22(29,23(25,26)27)13-15-8-10-28-19-5-3-2-4-17(15)19;1-12(7-11(18)13(15,16)17)4-5-19-10-3-2-8(14)6-9(10)12;1-8-6-7-11-10-5-3-2-4-9(8)10/h2-8,10,12,29H,9,11,13-14H2,1H3;2-3,6H,4-5,7H2,1H3;2-7H,1H3. The lowest BCUT2D eigenvalue weighted by atomic mass is 9.69. The molecular weight excluding hydrogens is 796 g/mol. The maximum atomic E-state index is 14.2. The molecule has 0 fully saturated rings. The number of para-hydroxylation sites is 2. The molecule has 6 aromatic rings. The summed E-state index contributed by atoms with van der Waals surface area (Å²) in [5, 5.41) is 12.8. The van der Waals surface area contributed by atoms with Crippen LogP contribution in [0.4, 0.5) is 35.1 Å². The lowest BCUT2D eigenvalue weighted by molar-refractivity contribution is -0.267. The molecule has 8 rings (SSSR count). The minimum atomic E-state index is -4.88. The molecule has 2 aromatic heterocycles. The molecule has 0 spiro atoms. The van der Waals surface area contributed by atoms with E-state index in [-0.39, 0.29) is 26.1 Å². The van der Waals surface area contributed by atoms with Gasteiger partial charge in [0.1, 0.15) is 23.1 Å². The summed E-state index contributed by atoms with van der Waals surface area (Å²) >= 11 is 0. The zero-order valence-corrected chi connectivity index (χ0v) is 32.9. The van der Waals surface area contributed by atoms with Gasteiger partial charge < -0.3 is 14.6 Å². The van der Waals surface area contributed by atoms with Gasteiger partial charge in [-0.15, -0.1) is 0 Å². The van der Waals surface area contributed by atoms with Crippen molar-refractivity contribution < 1.29 is 54.5 Å². The van der Waals surface area contributed by atoms with E-state index in [0.717, 1.165) is 11.6 Å². The van der Waals surface area contributed by atoms with Crippen LogP contribution in [0.15, 0.2) is 109 Å². The average molecular weight is 839 g/mol. The van der Waals surface area contributed by atoms with Gasteiger partial charge in [-0.05, 0) is 98.0 Å². The van der Waals surface area contributed by atoms with E-state index in [1.165, 1.54) is 60.5 Å². The maximum absolute atomic E-state index is 14.2. The summed E-state index contributed by atoms with van der Waals surface area (Å²) in [5.41, 5.74) is -1.23. The molecule has 3 unspecified atom stereocenters. The van der Waals surface area contributed by atoms with E-state index in [9.17, 15) is 45.0 Å². The Bertz CT molecular complexity index is 2480. The lowest BCUT2D eigenvalue weighted by Crippen LogP contribution is -2.52.